The van der Waals surface area contributed by atoms with E-state index in [9.17, 15) is 5.26 Å². The van der Waals surface area contributed by atoms with Gasteiger partial charge in [-0.25, -0.2) is 4.98 Å². The lowest BCUT2D eigenvalue weighted by Gasteiger charge is -2.23. The van der Waals surface area contributed by atoms with Gasteiger partial charge in [0.05, 0.1) is 17.9 Å². The van der Waals surface area contributed by atoms with Crippen molar-refractivity contribution in [1.82, 2.24) is 4.98 Å². The van der Waals surface area contributed by atoms with Crippen LogP contribution in [0.3, 0.4) is 0 Å². The Morgan fingerprint density at radius 2 is 2.08 bits per heavy atom. The number of anilines is 1. The van der Waals surface area contributed by atoms with Crippen molar-refractivity contribution in [1.29, 1.82) is 5.26 Å². The maximum atomic E-state index is 9.85. The van der Waals surface area contributed by atoms with Crippen LogP contribution in [0.4, 0.5) is 5.00 Å². The molecule has 1 unspecified atom stereocenters. The van der Waals surface area contributed by atoms with E-state index in [-0.39, 0.29) is 5.25 Å². The third-order valence-corrected chi connectivity index (χ3v) is 6.93. The number of nitriles is 1. The van der Waals surface area contributed by atoms with Crippen molar-refractivity contribution >= 4 is 38.3 Å². The average molecular weight is 384 g/mol. The first-order valence-electron chi connectivity index (χ1n) is 8.99. The number of nitrogens with one attached hydrogen (secondary N) is 1. The van der Waals surface area contributed by atoms with Crippen LogP contribution in [0.25, 0.3) is 10.2 Å². The predicted molar refractivity (Wildman–Crippen MR) is 109 cm³/mol. The molecule has 134 valence electrons. The molecule has 0 fully saturated rings. The van der Waals surface area contributed by atoms with E-state index in [4.69, 9.17) is 9.82 Å². The van der Waals surface area contributed by atoms with Crippen molar-refractivity contribution in [2.75, 3.05) is 12.6 Å². The molecule has 1 aliphatic carbocycles. The standard InChI is InChI=1S/C20H21N3OS2/c1-24-23-19-14(12-21)18-17(16-10-6-7-11-25-16)13-8-4-2-3-5-9-15(13)22-20(18)26-19/h6-7,10-11,16,23H,2-5,8-9H2,1H3. The quantitative estimate of drug-likeness (QED) is 0.693. The van der Waals surface area contributed by atoms with Crippen molar-refractivity contribution in [3.63, 3.8) is 0 Å². The van der Waals surface area contributed by atoms with Crippen LogP contribution in [-0.2, 0) is 17.7 Å². The van der Waals surface area contributed by atoms with Crippen molar-refractivity contribution in [3.8, 4) is 6.07 Å². The van der Waals surface area contributed by atoms with Crippen LogP contribution in [0, 0.1) is 11.3 Å². The van der Waals surface area contributed by atoms with Crippen molar-refractivity contribution in [2.24, 2.45) is 0 Å². The van der Waals surface area contributed by atoms with E-state index in [2.05, 4.69) is 35.2 Å². The number of pyridine rings is 1. The Labute approximate surface area is 161 Å². The fourth-order valence-corrected chi connectivity index (χ4v) is 5.78. The van der Waals surface area contributed by atoms with E-state index < -0.39 is 0 Å². The molecule has 6 heteroatoms. The lowest BCUT2D eigenvalue weighted by molar-refractivity contribution is 0.272. The van der Waals surface area contributed by atoms with Crippen LogP contribution in [0.15, 0.2) is 23.6 Å². The van der Waals surface area contributed by atoms with Gasteiger partial charge in [-0.1, -0.05) is 42.4 Å². The molecule has 0 bridgehead atoms. The van der Waals surface area contributed by atoms with Crippen LogP contribution in [0.2, 0.25) is 0 Å². The van der Waals surface area contributed by atoms with Gasteiger partial charge in [-0.3, -0.25) is 10.3 Å². The summed E-state index contributed by atoms with van der Waals surface area (Å²) in [5.41, 5.74) is 7.42. The summed E-state index contributed by atoms with van der Waals surface area (Å²) >= 11 is 3.32. The highest BCUT2D eigenvalue weighted by Gasteiger charge is 2.27. The number of hydrogen-bond acceptors (Lipinski definition) is 6. The lowest BCUT2D eigenvalue weighted by atomic mass is 9.90. The number of aryl methyl sites for hydroxylation is 1. The molecule has 4 rings (SSSR count). The number of thiophene rings is 1. The minimum Gasteiger partial charge on any atom is -0.279 e. The van der Waals surface area contributed by atoms with E-state index in [1.807, 2.05) is 0 Å². The number of thioether (sulfide) groups is 1. The average Bonchev–Trinajstić information content (AvgIpc) is 2.99. The highest BCUT2D eigenvalue weighted by Crippen LogP contribution is 2.46. The van der Waals surface area contributed by atoms with Gasteiger partial charge in [0, 0.05) is 11.1 Å². The zero-order valence-corrected chi connectivity index (χ0v) is 16.4. The monoisotopic (exact) mass is 383 g/mol. The maximum absolute atomic E-state index is 9.85. The molecule has 0 saturated carbocycles. The van der Waals surface area contributed by atoms with Crippen molar-refractivity contribution in [2.45, 2.75) is 43.8 Å². The first-order valence-corrected chi connectivity index (χ1v) is 10.8. The van der Waals surface area contributed by atoms with Gasteiger partial charge in [0.2, 0.25) is 0 Å². The summed E-state index contributed by atoms with van der Waals surface area (Å²) in [6.07, 6.45) is 13.4. The molecule has 2 aliphatic rings. The Kier molecular flexibility index (Phi) is 5.30. The molecule has 0 radical (unpaired) electrons. The maximum Gasteiger partial charge on any atom is 0.133 e. The molecule has 0 aromatic carbocycles. The predicted octanol–water partition coefficient (Wildman–Crippen LogP) is 5.66. The number of fused-ring (bicyclic) bond motifs is 2. The Bertz CT molecular complexity index is 924. The number of allylic oxidation sites excluding steroid dienone is 2. The molecule has 3 heterocycles. The summed E-state index contributed by atoms with van der Waals surface area (Å²) < 4.78 is 0. The van der Waals surface area contributed by atoms with E-state index in [1.54, 1.807) is 18.9 Å². The Hall–Kier alpha value is -1.81. The third-order valence-electron chi connectivity index (χ3n) is 4.95. The molecule has 1 N–H and O–H groups in total. The first-order chi connectivity index (χ1) is 12.8. The SMILES string of the molecule is CONc1sc2nc3c(c(C4C=CC=CS4)c2c1C#N)CCCCCC3. The molecule has 2 aromatic heterocycles. The highest BCUT2D eigenvalue weighted by molar-refractivity contribution is 8.02. The third kappa shape index (κ3) is 3.16. The Morgan fingerprint density at radius 1 is 1.23 bits per heavy atom. The van der Waals surface area contributed by atoms with Crippen molar-refractivity contribution < 1.29 is 4.84 Å². The van der Waals surface area contributed by atoms with Crippen LogP contribution in [0.5, 0.6) is 0 Å². The lowest BCUT2D eigenvalue weighted by Crippen LogP contribution is -2.09. The highest BCUT2D eigenvalue weighted by atomic mass is 32.2. The molecule has 1 atom stereocenters. The van der Waals surface area contributed by atoms with Crippen LogP contribution in [0.1, 0.15) is 53.3 Å². The number of rotatable bonds is 3. The summed E-state index contributed by atoms with van der Waals surface area (Å²) in [6, 6.07) is 2.39. The van der Waals surface area contributed by atoms with Gasteiger partial charge < -0.3 is 0 Å². The normalized spacial score (nSPS) is 19.6. The smallest absolute Gasteiger partial charge is 0.133 e. The molecular formula is C20H21N3OS2. The first kappa shape index (κ1) is 17.6. The topological polar surface area (TPSA) is 57.9 Å². The zero-order chi connectivity index (χ0) is 17.9. The zero-order valence-electron chi connectivity index (χ0n) is 14.7. The molecule has 26 heavy (non-hydrogen) atoms. The molecule has 4 nitrogen and oxygen atoms in total. The molecule has 2 aromatic rings. The summed E-state index contributed by atoms with van der Waals surface area (Å²) in [5, 5.41) is 14.0. The van der Waals surface area contributed by atoms with Gasteiger partial charge in [0.15, 0.2) is 0 Å². The fourth-order valence-electron chi connectivity index (χ4n) is 3.81. The Morgan fingerprint density at radius 3 is 2.81 bits per heavy atom. The number of aromatic nitrogens is 1. The molecule has 0 spiro atoms. The van der Waals surface area contributed by atoms with Gasteiger partial charge in [-0.05, 0) is 42.2 Å². The van der Waals surface area contributed by atoms with Crippen LogP contribution >= 0.6 is 23.1 Å². The van der Waals surface area contributed by atoms with Gasteiger partial charge in [-0.15, -0.1) is 11.8 Å². The summed E-state index contributed by atoms with van der Waals surface area (Å²) in [4.78, 5) is 11.1. The minimum atomic E-state index is 0.232. The van der Waals surface area contributed by atoms with E-state index in [0.717, 1.165) is 28.1 Å². The Balaban J connectivity index is 2.00. The number of hydrogen-bond donors (Lipinski definition) is 1. The van der Waals surface area contributed by atoms with Gasteiger partial charge in [-0.2, -0.15) is 5.26 Å². The second-order valence-electron chi connectivity index (χ2n) is 6.54. The minimum absolute atomic E-state index is 0.232. The second-order valence-corrected chi connectivity index (χ2v) is 8.59. The summed E-state index contributed by atoms with van der Waals surface area (Å²) in [6.45, 7) is 0. The molecule has 1 aliphatic heterocycles. The second kappa shape index (κ2) is 7.83. The summed E-state index contributed by atoms with van der Waals surface area (Å²) in [5.74, 6) is 0. The molecule has 0 amide bonds. The van der Waals surface area contributed by atoms with Gasteiger partial charge >= 0.3 is 0 Å². The fraction of sp³-hybridized carbons (Fsp3) is 0.400. The van der Waals surface area contributed by atoms with Crippen LogP contribution in [-0.4, -0.2) is 12.1 Å². The molecular weight excluding hydrogens is 362 g/mol. The largest absolute Gasteiger partial charge is 0.279 e. The summed E-state index contributed by atoms with van der Waals surface area (Å²) in [7, 11) is 1.57. The van der Waals surface area contributed by atoms with Gasteiger partial charge in [0.25, 0.3) is 0 Å². The van der Waals surface area contributed by atoms with E-state index in [0.29, 0.717) is 5.56 Å². The van der Waals surface area contributed by atoms with Gasteiger partial charge in [0.1, 0.15) is 15.9 Å². The van der Waals surface area contributed by atoms with E-state index >= 15 is 0 Å². The van der Waals surface area contributed by atoms with E-state index in [1.165, 1.54) is 53.8 Å². The van der Waals surface area contributed by atoms with Crippen LogP contribution < -0.4 is 5.48 Å². The number of nitrogens with zero attached hydrogens (tertiary/aromatic N) is 2. The molecule has 0 saturated heterocycles. The van der Waals surface area contributed by atoms with Crippen molar-refractivity contribution in [3.05, 3.63) is 46.0 Å².